The Morgan fingerprint density at radius 1 is 1.24 bits per heavy atom. The summed E-state index contributed by atoms with van der Waals surface area (Å²) in [5.41, 5.74) is 0.0835. The van der Waals surface area contributed by atoms with Gasteiger partial charge in [0.25, 0.3) is 0 Å². The summed E-state index contributed by atoms with van der Waals surface area (Å²) in [5, 5.41) is 0. The van der Waals surface area contributed by atoms with E-state index in [9.17, 15) is 9.59 Å². The highest BCUT2D eigenvalue weighted by Crippen LogP contribution is 2.38. The Bertz CT molecular complexity index is 312. The third kappa shape index (κ3) is 2.87. The van der Waals surface area contributed by atoms with Crippen LogP contribution in [0.15, 0.2) is 11.6 Å². The molecule has 0 spiro atoms. The fraction of sp³-hybridized carbons (Fsp3) is 0.692. The highest BCUT2D eigenvalue weighted by Gasteiger charge is 2.48. The van der Waals surface area contributed by atoms with Gasteiger partial charge in [-0.2, -0.15) is 0 Å². The Morgan fingerprint density at radius 2 is 1.76 bits per heavy atom. The van der Waals surface area contributed by atoms with Gasteiger partial charge >= 0.3 is 11.9 Å². The maximum absolute atomic E-state index is 12.0. The van der Waals surface area contributed by atoms with Gasteiger partial charge in [-0.25, -0.2) is 0 Å². The van der Waals surface area contributed by atoms with Crippen molar-refractivity contribution in [3.05, 3.63) is 11.6 Å². The van der Waals surface area contributed by atoms with E-state index in [2.05, 4.69) is 0 Å². The topological polar surface area (TPSA) is 52.6 Å². The number of hydrogen-bond acceptors (Lipinski definition) is 4. The van der Waals surface area contributed by atoms with Crippen molar-refractivity contribution in [2.75, 3.05) is 13.2 Å². The predicted molar refractivity (Wildman–Crippen MR) is 63.3 cm³/mol. The molecule has 4 heteroatoms. The van der Waals surface area contributed by atoms with Gasteiger partial charge in [-0.05, 0) is 40.0 Å². The van der Waals surface area contributed by atoms with E-state index in [1.165, 1.54) is 5.57 Å². The highest BCUT2D eigenvalue weighted by molar-refractivity contribution is 6.00. The molecule has 0 radical (unpaired) electrons. The first kappa shape index (κ1) is 13.7. The number of esters is 2. The molecule has 0 aromatic heterocycles. The largest absolute Gasteiger partial charge is 0.465 e. The molecular formula is C13H20O4. The number of hydrogen-bond donors (Lipinski definition) is 0. The molecule has 1 aliphatic carbocycles. The van der Waals surface area contributed by atoms with Crippen LogP contribution in [0, 0.1) is 5.41 Å². The monoisotopic (exact) mass is 240 g/mol. The first-order valence-corrected chi connectivity index (χ1v) is 6.07. The smallest absolute Gasteiger partial charge is 0.323 e. The fourth-order valence-electron chi connectivity index (χ4n) is 1.96. The lowest BCUT2D eigenvalue weighted by atomic mass is 9.75. The molecule has 0 aliphatic heterocycles. The average Bonchev–Trinajstić information content (AvgIpc) is 2.31. The Kier molecular flexibility index (Phi) is 4.73. The molecule has 0 heterocycles. The Balaban J connectivity index is 2.93. The molecule has 0 saturated carbocycles. The maximum atomic E-state index is 12.0. The second kappa shape index (κ2) is 5.84. The fourth-order valence-corrected chi connectivity index (χ4v) is 1.96. The minimum atomic E-state index is -1.12. The lowest BCUT2D eigenvalue weighted by Gasteiger charge is -2.31. The highest BCUT2D eigenvalue weighted by atomic mass is 16.6. The summed E-state index contributed by atoms with van der Waals surface area (Å²) < 4.78 is 10.0. The standard InChI is InChI=1S/C13H20O4/c1-4-16-11(14)13(12(15)17-5-2)8-6-10(3)7-9-13/h6H,4-5,7-9H2,1-3H3. The SMILES string of the molecule is CCOC(=O)C1(C(=O)OCC)CC=C(C)CC1. The van der Waals surface area contributed by atoms with Gasteiger partial charge < -0.3 is 9.47 Å². The van der Waals surface area contributed by atoms with Gasteiger partial charge in [-0.15, -0.1) is 0 Å². The summed E-state index contributed by atoms with van der Waals surface area (Å²) in [6.07, 6.45) is 3.53. The van der Waals surface area contributed by atoms with Gasteiger partial charge in [0.05, 0.1) is 13.2 Å². The second-order valence-corrected chi connectivity index (χ2v) is 4.28. The molecular weight excluding hydrogens is 220 g/mol. The van der Waals surface area contributed by atoms with Crippen molar-refractivity contribution in [1.29, 1.82) is 0 Å². The molecule has 0 unspecified atom stereocenters. The molecule has 0 bridgehead atoms. The van der Waals surface area contributed by atoms with Gasteiger partial charge in [-0.3, -0.25) is 9.59 Å². The number of allylic oxidation sites excluding steroid dienone is 2. The first-order chi connectivity index (χ1) is 8.06. The van der Waals surface area contributed by atoms with Crippen molar-refractivity contribution in [1.82, 2.24) is 0 Å². The van der Waals surface area contributed by atoms with E-state index in [1.807, 2.05) is 13.0 Å². The molecule has 1 rings (SSSR count). The van der Waals surface area contributed by atoms with Crippen LogP contribution in [-0.2, 0) is 19.1 Å². The van der Waals surface area contributed by atoms with Crippen molar-refractivity contribution in [2.45, 2.75) is 40.0 Å². The molecule has 17 heavy (non-hydrogen) atoms. The van der Waals surface area contributed by atoms with Crippen LogP contribution in [0.3, 0.4) is 0 Å². The van der Waals surface area contributed by atoms with E-state index in [4.69, 9.17) is 9.47 Å². The van der Waals surface area contributed by atoms with E-state index in [-0.39, 0.29) is 13.2 Å². The van der Waals surface area contributed by atoms with E-state index in [0.29, 0.717) is 12.8 Å². The van der Waals surface area contributed by atoms with Crippen molar-refractivity contribution in [3.63, 3.8) is 0 Å². The zero-order valence-electron chi connectivity index (χ0n) is 10.7. The maximum Gasteiger partial charge on any atom is 0.323 e. The zero-order chi connectivity index (χ0) is 12.9. The van der Waals surface area contributed by atoms with Crippen LogP contribution >= 0.6 is 0 Å². The summed E-state index contributed by atoms with van der Waals surface area (Å²) in [6.45, 7) is 6.03. The first-order valence-electron chi connectivity index (χ1n) is 6.07. The summed E-state index contributed by atoms with van der Waals surface area (Å²) >= 11 is 0. The van der Waals surface area contributed by atoms with Crippen molar-refractivity contribution in [3.8, 4) is 0 Å². The predicted octanol–water partition coefficient (Wildman–Crippen LogP) is 2.23. The molecule has 0 amide bonds. The lowest BCUT2D eigenvalue weighted by Crippen LogP contribution is -2.43. The average molecular weight is 240 g/mol. The molecule has 0 aromatic carbocycles. The molecule has 0 N–H and O–H groups in total. The van der Waals surface area contributed by atoms with Gasteiger partial charge in [-0.1, -0.05) is 11.6 Å². The van der Waals surface area contributed by atoms with E-state index >= 15 is 0 Å². The van der Waals surface area contributed by atoms with Gasteiger partial charge in [0.15, 0.2) is 5.41 Å². The molecule has 0 saturated heterocycles. The third-order valence-electron chi connectivity index (χ3n) is 3.08. The van der Waals surface area contributed by atoms with E-state index in [1.54, 1.807) is 13.8 Å². The van der Waals surface area contributed by atoms with Crippen LogP contribution in [0.25, 0.3) is 0 Å². The molecule has 1 aliphatic rings. The van der Waals surface area contributed by atoms with Crippen LogP contribution in [0.1, 0.15) is 40.0 Å². The number of rotatable bonds is 4. The minimum Gasteiger partial charge on any atom is -0.465 e. The van der Waals surface area contributed by atoms with Crippen LogP contribution in [0.5, 0.6) is 0 Å². The summed E-state index contributed by atoms with van der Waals surface area (Å²) in [7, 11) is 0. The summed E-state index contributed by atoms with van der Waals surface area (Å²) in [6, 6.07) is 0. The molecule has 0 aromatic rings. The summed E-state index contributed by atoms with van der Waals surface area (Å²) in [4.78, 5) is 24.0. The Labute approximate surface area is 102 Å². The molecule has 4 nitrogen and oxygen atoms in total. The lowest BCUT2D eigenvalue weighted by molar-refractivity contribution is -0.172. The quantitative estimate of drug-likeness (QED) is 0.429. The van der Waals surface area contributed by atoms with Crippen LogP contribution in [0.2, 0.25) is 0 Å². The van der Waals surface area contributed by atoms with Gasteiger partial charge in [0.1, 0.15) is 0 Å². The van der Waals surface area contributed by atoms with E-state index < -0.39 is 17.4 Å². The number of carbonyl (C=O) groups is 2. The van der Waals surface area contributed by atoms with Crippen LogP contribution < -0.4 is 0 Å². The van der Waals surface area contributed by atoms with Crippen molar-refractivity contribution in [2.24, 2.45) is 5.41 Å². The third-order valence-corrected chi connectivity index (χ3v) is 3.08. The van der Waals surface area contributed by atoms with E-state index in [0.717, 1.165) is 6.42 Å². The molecule has 0 fully saturated rings. The number of ether oxygens (including phenoxy) is 2. The van der Waals surface area contributed by atoms with Crippen molar-refractivity contribution < 1.29 is 19.1 Å². The Morgan fingerprint density at radius 3 is 2.12 bits per heavy atom. The second-order valence-electron chi connectivity index (χ2n) is 4.28. The van der Waals surface area contributed by atoms with Gasteiger partial charge in [0.2, 0.25) is 0 Å². The van der Waals surface area contributed by atoms with Crippen molar-refractivity contribution >= 4 is 11.9 Å². The summed E-state index contributed by atoms with van der Waals surface area (Å²) in [5.74, 6) is -0.913. The Hall–Kier alpha value is -1.32. The van der Waals surface area contributed by atoms with Crippen LogP contribution in [-0.4, -0.2) is 25.2 Å². The van der Waals surface area contributed by atoms with Gasteiger partial charge in [0, 0.05) is 0 Å². The normalized spacial score (nSPS) is 18.2. The molecule has 96 valence electrons. The zero-order valence-corrected chi connectivity index (χ0v) is 10.7. The van der Waals surface area contributed by atoms with Crippen LogP contribution in [0.4, 0.5) is 0 Å². The number of carbonyl (C=O) groups excluding carboxylic acids is 2. The minimum absolute atomic E-state index is 0.280. The molecule has 0 atom stereocenters.